The van der Waals surface area contributed by atoms with Crippen LogP contribution in [0.5, 0.6) is 11.5 Å². The number of piperidine rings is 1. The van der Waals surface area contributed by atoms with Crippen molar-refractivity contribution in [1.82, 2.24) is 14.5 Å². The lowest BCUT2D eigenvalue weighted by molar-refractivity contribution is 0.0679. The van der Waals surface area contributed by atoms with E-state index in [-0.39, 0.29) is 5.91 Å². The maximum atomic E-state index is 13.1. The molecule has 0 saturated carbocycles. The molecule has 1 fully saturated rings. The molecule has 0 radical (unpaired) electrons. The summed E-state index contributed by atoms with van der Waals surface area (Å²) >= 11 is 0. The predicted molar refractivity (Wildman–Crippen MR) is 116 cm³/mol. The van der Waals surface area contributed by atoms with Crippen LogP contribution in [-0.2, 0) is 6.54 Å². The van der Waals surface area contributed by atoms with E-state index in [9.17, 15) is 4.79 Å². The standard InChI is InChI=1S/C24H27N3O3/c1-29-21-10-6-9-20(22(21)30-2)24(28)26-14-11-18(12-15-26)17-27-16-13-25-23(27)19-7-4-3-5-8-19/h3-10,13,16,18H,11-12,14-15,17H2,1-2H3. The monoisotopic (exact) mass is 405 g/mol. The van der Waals surface area contributed by atoms with E-state index in [0.717, 1.165) is 43.9 Å². The van der Waals surface area contributed by atoms with E-state index in [0.29, 0.717) is 23.0 Å². The molecule has 0 spiro atoms. The molecule has 0 atom stereocenters. The first-order valence-corrected chi connectivity index (χ1v) is 10.3. The number of para-hydroxylation sites is 1. The van der Waals surface area contributed by atoms with E-state index in [2.05, 4.69) is 21.7 Å². The largest absolute Gasteiger partial charge is 0.493 e. The molecule has 1 aliphatic rings. The number of amides is 1. The summed E-state index contributed by atoms with van der Waals surface area (Å²) in [5, 5.41) is 0. The first-order valence-electron chi connectivity index (χ1n) is 10.3. The van der Waals surface area contributed by atoms with E-state index in [1.165, 1.54) is 0 Å². The Balaban J connectivity index is 1.41. The van der Waals surface area contributed by atoms with Crippen molar-refractivity contribution in [3.05, 3.63) is 66.5 Å². The fourth-order valence-corrected chi connectivity index (χ4v) is 4.13. The lowest BCUT2D eigenvalue weighted by Gasteiger charge is -2.32. The van der Waals surface area contributed by atoms with Gasteiger partial charge in [-0.25, -0.2) is 4.98 Å². The SMILES string of the molecule is COc1cccc(C(=O)N2CCC(Cn3ccnc3-c3ccccc3)CC2)c1OC. The smallest absolute Gasteiger partial charge is 0.257 e. The minimum atomic E-state index is -0.00296. The minimum absolute atomic E-state index is 0.00296. The number of benzene rings is 2. The zero-order chi connectivity index (χ0) is 20.9. The van der Waals surface area contributed by atoms with Gasteiger partial charge in [-0.15, -0.1) is 0 Å². The first-order chi connectivity index (χ1) is 14.7. The number of aromatic nitrogens is 2. The minimum Gasteiger partial charge on any atom is -0.493 e. The zero-order valence-electron chi connectivity index (χ0n) is 17.5. The molecule has 1 saturated heterocycles. The average molecular weight is 405 g/mol. The second-order valence-corrected chi connectivity index (χ2v) is 7.55. The summed E-state index contributed by atoms with van der Waals surface area (Å²) in [6.45, 7) is 2.38. The van der Waals surface area contributed by atoms with E-state index >= 15 is 0 Å². The van der Waals surface area contributed by atoms with Crippen molar-refractivity contribution < 1.29 is 14.3 Å². The summed E-state index contributed by atoms with van der Waals surface area (Å²) in [5.74, 6) is 2.58. The van der Waals surface area contributed by atoms with Crippen LogP contribution in [0.1, 0.15) is 23.2 Å². The summed E-state index contributed by atoms with van der Waals surface area (Å²) in [5.41, 5.74) is 1.68. The van der Waals surface area contributed by atoms with E-state index in [1.54, 1.807) is 26.4 Å². The van der Waals surface area contributed by atoms with Crippen LogP contribution in [0, 0.1) is 5.92 Å². The predicted octanol–water partition coefficient (Wildman–Crippen LogP) is 4.12. The highest BCUT2D eigenvalue weighted by Gasteiger charge is 2.27. The lowest BCUT2D eigenvalue weighted by atomic mass is 9.96. The molecule has 0 aliphatic carbocycles. The fraction of sp³-hybridized carbons (Fsp3) is 0.333. The van der Waals surface area contributed by atoms with Crippen LogP contribution in [0.4, 0.5) is 0 Å². The number of imidazole rings is 1. The van der Waals surface area contributed by atoms with Gasteiger partial charge in [0.25, 0.3) is 5.91 Å². The van der Waals surface area contributed by atoms with Gasteiger partial charge in [0.05, 0.1) is 19.8 Å². The van der Waals surface area contributed by atoms with Crippen LogP contribution in [-0.4, -0.2) is 47.7 Å². The van der Waals surface area contributed by atoms with Gasteiger partial charge in [0.1, 0.15) is 5.82 Å². The number of hydrogen-bond donors (Lipinski definition) is 0. The Kier molecular flexibility index (Phi) is 6.02. The summed E-state index contributed by atoms with van der Waals surface area (Å²) in [7, 11) is 3.15. The Morgan fingerprint density at radius 1 is 1.03 bits per heavy atom. The molecular formula is C24H27N3O3. The number of hydrogen-bond acceptors (Lipinski definition) is 4. The quantitative estimate of drug-likeness (QED) is 0.619. The van der Waals surface area contributed by atoms with Gasteiger partial charge in [-0.2, -0.15) is 0 Å². The molecule has 2 heterocycles. The van der Waals surface area contributed by atoms with Crippen LogP contribution < -0.4 is 9.47 Å². The number of carbonyl (C=O) groups excluding carboxylic acids is 1. The molecule has 3 aromatic rings. The summed E-state index contributed by atoms with van der Waals surface area (Å²) in [6.07, 6.45) is 5.83. The number of methoxy groups -OCH3 is 2. The van der Waals surface area contributed by atoms with Crippen LogP contribution in [0.2, 0.25) is 0 Å². The third-order valence-electron chi connectivity index (χ3n) is 5.74. The van der Waals surface area contributed by atoms with Crippen molar-refractivity contribution >= 4 is 5.91 Å². The van der Waals surface area contributed by atoms with E-state index in [4.69, 9.17) is 9.47 Å². The fourth-order valence-electron chi connectivity index (χ4n) is 4.13. The molecule has 1 aliphatic heterocycles. The Morgan fingerprint density at radius 3 is 2.50 bits per heavy atom. The van der Waals surface area contributed by atoms with Gasteiger partial charge in [0, 0.05) is 37.6 Å². The van der Waals surface area contributed by atoms with Gasteiger partial charge >= 0.3 is 0 Å². The van der Waals surface area contributed by atoms with Gasteiger partial charge in [-0.05, 0) is 30.9 Å². The summed E-state index contributed by atoms with van der Waals surface area (Å²) in [4.78, 5) is 19.5. The Labute approximate surface area is 177 Å². The highest BCUT2D eigenvalue weighted by atomic mass is 16.5. The van der Waals surface area contributed by atoms with E-state index < -0.39 is 0 Å². The molecule has 0 unspecified atom stereocenters. The number of ether oxygens (including phenoxy) is 2. The molecule has 6 heteroatoms. The van der Waals surface area contributed by atoms with Crippen molar-refractivity contribution in [1.29, 1.82) is 0 Å². The molecule has 1 aromatic heterocycles. The molecule has 2 aromatic carbocycles. The number of rotatable bonds is 6. The number of carbonyl (C=O) groups is 1. The van der Waals surface area contributed by atoms with Crippen LogP contribution in [0.25, 0.3) is 11.4 Å². The average Bonchev–Trinajstić information content (AvgIpc) is 3.27. The maximum Gasteiger partial charge on any atom is 0.257 e. The zero-order valence-corrected chi connectivity index (χ0v) is 17.5. The van der Waals surface area contributed by atoms with Crippen molar-refractivity contribution in [2.24, 2.45) is 5.92 Å². The van der Waals surface area contributed by atoms with Crippen molar-refractivity contribution in [3.8, 4) is 22.9 Å². The number of likely N-dealkylation sites (tertiary alicyclic amines) is 1. The Hall–Kier alpha value is -3.28. The molecular weight excluding hydrogens is 378 g/mol. The molecule has 6 nitrogen and oxygen atoms in total. The van der Waals surface area contributed by atoms with Crippen molar-refractivity contribution in [2.75, 3.05) is 27.3 Å². The normalized spacial score (nSPS) is 14.5. The topological polar surface area (TPSA) is 56.6 Å². The van der Waals surface area contributed by atoms with Crippen LogP contribution >= 0.6 is 0 Å². The van der Waals surface area contributed by atoms with Crippen molar-refractivity contribution in [2.45, 2.75) is 19.4 Å². The highest BCUT2D eigenvalue weighted by Crippen LogP contribution is 2.32. The van der Waals surface area contributed by atoms with Gasteiger partial charge in [0.15, 0.2) is 11.5 Å². The summed E-state index contributed by atoms with van der Waals surface area (Å²) in [6, 6.07) is 15.7. The Bertz CT molecular complexity index is 992. The molecule has 156 valence electrons. The molecule has 0 N–H and O–H groups in total. The van der Waals surface area contributed by atoms with Gasteiger partial charge < -0.3 is 18.9 Å². The second-order valence-electron chi connectivity index (χ2n) is 7.55. The molecule has 0 bridgehead atoms. The third-order valence-corrected chi connectivity index (χ3v) is 5.74. The van der Waals surface area contributed by atoms with Gasteiger partial charge in [0.2, 0.25) is 0 Å². The molecule has 30 heavy (non-hydrogen) atoms. The van der Waals surface area contributed by atoms with E-state index in [1.807, 2.05) is 41.6 Å². The summed E-state index contributed by atoms with van der Waals surface area (Å²) < 4.78 is 13.0. The third kappa shape index (κ3) is 4.03. The number of nitrogens with zero attached hydrogens (tertiary/aromatic N) is 3. The van der Waals surface area contributed by atoms with Crippen LogP contribution in [0.3, 0.4) is 0 Å². The first kappa shape index (κ1) is 20.0. The molecule has 4 rings (SSSR count). The second kappa shape index (κ2) is 9.03. The molecule has 1 amide bonds. The van der Waals surface area contributed by atoms with Crippen molar-refractivity contribution in [3.63, 3.8) is 0 Å². The maximum absolute atomic E-state index is 13.1. The van der Waals surface area contributed by atoms with Gasteiger partial charge in [-0.3, -0.25) is 4.79 Å². The van der Waals surface area contributed by atoms with Crippen LogP contribution in [0.15, 0.2) is 60.9 Å². The van der Waals surface area contributed by atoms with Gasteiger partial charge in [-0.1, -0.05) is 36.4 Å². The highest BCUT2D eigenvalue weighted by molar-refractivity contribution is 5.97. The Morgan fingerprint density at radius 2 is 1.80 bits per heavy atom. The lowest BCUT2D eigenvalue weighted by Crippen LogP contribution is -2.39.